The number of hydrogen-bond acceptors (Lipinski definition) is 4. The van der Waals surface area contributed by atoms with Gasteiger partial charge in [-0.25, -0.2) is 8.42 Å². The molecule has 2 N–H and O–H groups in total. The van der Waals surface area contributed by atoms with Gasteiger partial charge in [0.05, 0.1) is 4.90 Å². The molecule has 2 rings (SSSR count). The largest absolute Gasteiger partial charge is 0.338 e. The summed E-state index contributed by atoms with van der Waals surface area (Å²) in [6, 6.07) is 6.20. The van der Waals surface area contributed by atoms with Crippen LogP contribution in [-0.4, -0.2) is 44.6 Å². The third-order valence-electron chi connectivity index (χ3n) is 4.02. The number of rotatable bonds is 3. The van der Waals surface area contributed by atoms with Crippen molar-refractivity contribution in [3.05, 3.63) is 29.8 Å². The van der Waals surface area contributed by atoms with Gasteiger partial charge in [-0.05, 0) is 49.9 Å². The molecular weight excluding hydrogens is 288 g/mol. The molecule has 1 aromatic carbocycles. The molecule has 1 heterocycles. The number of benzene rings is 1. The highest BCUT2D eigenvalue weighted by molar-refractivity contribution is 7.90. The van der Waals surface area contributed by atoms with E-state index in [-0.39, 0.29) is 16.8 Å². The van der Waals surface area contributed by atoms with Gasteiger partial charge in [-0.15, -0.1) is 0 Å². The molecule has 0 spiro atoms. The second-order valence-corrected chi connectivity index (χ2v) is 7.82. The number of carbonyl (C=O) groups is 1. The van der Waals surface area contributed by atoms with Gasteiger partial charge in [-0.1, -0.05) is 0 Å². The van der Waals surface area contributed by atoms with Crippen molar-refractivity contribution < 1.29 is 13.2 Å². The van der Waals surface area contributed by atoms with E-state index in [1.165, 1.54) is 12.1 Å². The molecule has 0 aliphatic carbocycles. The van der Waals surface area contributed by atoms with Crippen molar-refractivity contribution in [2.24, 2.45) is 11.7 Å². The number of piperidine rings is 1. The van der Waals surface area contributed by atoms with Crippen molar-refractivity contribution in [2.45, 2.75) is 30.7 Å². The lowest BCUT2D eigenvalue weighted by Gasteiger charge is -2.34. The maximum Gasteiger partial charge on any atom is 0.253 e. The summed E-state index contributed by atoms with van der Waals surface area (Å²) in [5, 5.41) is 0. The van der Waals surface area contributed by atoms with Gasteiger partial charge in [0.15, 0.2) is 9.84 Å². The lowest BCUT2D eigenvalue weighted by molar-refractivity contribution is 0.0661. The second-order valence-electron chi connectivity index (χ2n) is 5.81. The Morgan fingerprint density at radius 2 is 1.95 bits per heavy atom. The average Bonchev–Trinajstić information content (AvgIpc) is 2.46. The Labute approximate surface area is 126 Å². The van der Waals surface area contributed by atoms with Gasteiger partial charge < -0.3 is 10.6 Å². The van der Waals surface area contributed by atoms with Crippen LogP contribution >= 0.6 is 0 Å². The number of sulfone groups is 1. The summed E-state index contributed by atoms with van der Waals surface area (Å²) in [6.07, 6.45) is 3.16. The van der Waals surface area contributed by atoms with Crippen LogP contribution < -0.4 is 5.73 Å². The van der Waals surface area contributed by atoms with Gasteiger partial charge in [0.25, 0.3) is 5.91 Å². The van der Waals surface area contributed by atoms with Crippen LogP contribution in [-0.2, 0) is 9.84 Å². The third kappa shape index (κ3) is 3.83. The Morgan fingerprint density at radius 1 is 1.33 bits per heavy atom. The molecule has 0 saturated carbocycles. The monoisotopic (exact) mass is 310 g/mol. The molecule has 1 aliphatic heterocycles. The van der Waals surface area contributed by atoms with Crippen molar-refractivity contribution in [3.8, 4) is 0 Å². The van der Waals surface area contributed by atoms with E-state index in [2.05, 4.69) is 0 Å². The Balaban J connectivity index is 2.13. The molecule has 116 valence electrons. The summed E-state index contributed by atoms with van der Waals surface area (Å²) in [5.41, 5.74) is 6.45. The van der Waals surface area contributed by atoms with Crippen LogP contribution in [0.4, 0.5) is 0 Å². The van der Waals surface area contributed by atoms with Crippen molar-refractivity contribution in [1.29, 1.82) is 0 Å². The SMILES string of the molecule is CC(N)C1CCCN(C(=O)c2ccc(S(C)(=O)=O)cc2)C1. The van der Waals surface area contributed by atoms with E-state index in [0.29, 0.717) is 18.0 Å². The van der Waals surface area contributed by atoms with E-state index in [1.807, 2.05) is 11.8 Å². The molecule has 0 bridgehead atoms. The number of likely N-dealkylation sites (tertiary alicyclic amines) is 1. The van der Waals surface area contributed by atoms with Gasteiger partial charge >= 0.3 is 0 Å². The van der Waals surface area contributed by atoms with Crippen molar-refractivity contribution in [1.82, 2.24) is 4.90 Å². The van der Waals surface area contributed by atoms with Gasteiger partial charge in [-0.2, -0.15) is 0 Å². The minimum Gasteiger partial charge on any atom is -0.338 e. The first-order valence-electron chi connectivity index (χ1n) is 7.14. The number of nitrogens with two attached hydrogens (primary N) is 1. The van der Waals surface area contributed by atoms with Gasteiger partial charge in [-0.3, -0.25) is 4.79 Å². The molecule has 5 nitrogen and oxygen atoms in total. The number of hydrogen-bond donors (Lipinski definition) is 1. The minimum absolute atomic E-state index is 0.0552. The summed E-state index contributed by atoms with van der Waals surface area (Å²) >= 11 is 0. The number of nitrogens with zero attached hydrogens (tertiary/aromatic N) is 1. The van der Waals surface area contributed by atoms with E-state index >= 15 is 0 Å². The topological polar surface area (TPSA) is 80.5 Å². The minimum atomic E-state index is -3.23. The van der Waals surface area contributed by atoms with Crippen molar-refractivity contribution in [3.63, 3.8) is 0 Å². The van der Waals surface area contributed by atoms with Crippen molar-refractivity contribution in [2.75, 3.05) is 19.3 Å². The summed E-state index contributed by atoms with van der Waals surface area (Å²) in [4.78, 5) is 14.5. The molecule has 1 saturated heterocycles. The first-order valence-corrected chi connectivity index (χ1v) is 9.03. The predicted molar refractivity (Wildman–Crippen MR) is 81.8 cm³/mol. The molecule has 6 heteroatoms. The summed E-state index contributed by atoms with van der Waals surface area (Å²) in [5.74, 6) is 0.276. The molecule has 2 atom stereocenters. The first kappa shape index (κ1) is 16.0. The fraction of sp³-hybridized carbons (Fsp3) is 0.533. The quantitative estimate of drug-likeness (QED) is 0.912. The molecular formula is C15H22N2O3S. The van der Waals surface area contributed by atoms with E-state index in [0.717, 1.165) is 25.6 Å². The fourth-order valence-electron chi connectivity index (χ4n) is 2.65. The molecule has 2 unspecified atom stereocenters. The van der Waals surface area contributed by atoms with Crippen LogP contribution in [0.15, 0.2) is 29.2 Å². The maximum absolute atomic E-state index is 12.5. The standard InChI is InChI=1S/C15H22N2O3S/c1-11(16)13-4-3-9-17(10-13)15(18)12-5-7-14(8-6-12)21(2,19)20/h5-8,11,13H,3-4,9-10,16H2,1-2H3. The van der Waals surface area contributed by atoms with Crippen LogP contribution in [0.3, 0.4) is 0 Å². The molecule has 0 radical (unpaired) electrons. The zero-order valence-electron chi connectivity index (χ0n) is 12.5. The van der Waals surface area contributed by atoms with E-state index in [9.17, 15) is 13.2 Å². The van der Waals surface area contributed by atoms with Crippen LogP contribution in [0.2, 0.25) is 0 Å². The highest BCUT2D eigenvalue weighted by atomic mass is 32.2. The zero-order chi connectivity index (χ0) is 15.6. The van der Waals surface area contributed by atoms with Crippen LogP contribution in [0.1, 0.15) is 30.1 Å². The Kier molecular flexibility index (Phi) is 4.68. The fourth-order valence-corrected chi connectivity index (χ4v) is 3.28. The smallest absolute Gasteiger partial charge is 0.253 e. The summed E-state index contributed by atoms with van der Waals surface area (Å²) < 4.78 is 22.8. The Hall–Kier alpha value is -1.40. The van der Waals surface area contributed by atoms with E-state index in [4.69, 9.17) is 5.73 Å². The second kappa shape index (κ2) is 6.15. The number of amides is 1. The van der Waals surface area contributed by atoms with Crippen LogP contribution in [0.25, 0.3) is 0 Å². The lowest BCUT2D eigenvalue weighted by atomic mass is 9.92. The maximum atomic E-state index is 12.5. The van der Waals surface area contributed by atoms with Crippen molar-refractivity contribution >= 4 is 15.7 Å². The summed E-state index contributed by atoms with van der Waals surface area (Å²) in [7, 11) is -3.23. The molecule has 1 aliphatic rings. The molecule has 1 aromatic rings. The predicted octanol–water partition coefficient (Wildman–Crippen LogP) is 1.29. The van der Waals surface area contributed by atoms with Crippen LogP contribution in [0, 0.1) is 5.92 Å². The van der Waals surface area contributed by atoms with E-state index in [1.54, 1.807) is 12.1 Å². The van der Waals surface area contributed by atoms with Gasteiger partial charge in [0.2, 0.25) is 0 Å². The molecule has 21 heavy (non-hydrogen) atoms. The zero-order valence-corrected chi connectivity index (χ0v) is 13.3. The third-order valence-corrected chi connectivity index (χ3v) is 5.15. The Bertz CT molecular complexity index is 608. The normalized spacial score (nSPS) is 21.1. The average molecular weight is 310 g/mol. The van der Waals surface area contributed by atoms with E-state index < -0.39 is 9.84 Å². The Morgan fingerprint density at radius 3 is 2.48 bits per heavy atom. The van der Waals surface area contributed by atoms with Gasteiger partial charge in [0.1, 0.15) is 0 Å². The lowest BCUT2D eigenvalue weighted by Crippen LogP contribution is -2.45. The number of carbonyl (C=O) groups excluding carboxylic acids is 1. The highest BCUT2D eigenvalue weighted by Crippen LogP contribution is 2.21. The van der Waals surface area contributed by atoms with Crippen LogP contribution in [0.5, 0.6) is 0 Å². The molecule has 1 fully saturated rings. The van der Waals surface area contributed by atoms with Gasteiger partial charge in [0, 0.05) is 31.0 Å². The summed E-state index contributed by atoms with van der Waals surface area (Å²) in [6.45, 7) is 3.37. The molecule has 1 amide bonds. The first-order chi connectivity index (χ1) is 9.79. The highest BCUT2D eigenvalue weighted by Gasteiger charge is 2.26. The molecule has 0 aromatic heterocycles.